The number of carboxylic acid groups (broad SMARTS) is 1. The summed E-state index contributed by atoms with van der Waals surface area (Å²) in [6, 6.07) is 0.577. The molecule has 4 N–H and O–H groups in total. The van der Waals surface area contributed by atoms with E-state index in [1.807, 2.05) is 16.7 Å². The molecule has 120 valence electrons. The molecule has 2 aliphatic rings. The van der Waals surface area contributed by atoms with E-state index in [1.54, 1.807) is 0 Å². The van der Waals surface area contributed by atoms with Gasteiger partial charge in [-0.2, -0.15) is 11.8 Å². The number of thioether (sulfide) groups is 1. The first-order valence-corrected chi connectivity index (χ1v) is 8.79. The molecule has 2 saturated heterocycles. The quantitative estimate of drug-likeness (QED) is 0.439. The van der Waals surface area contributed by atoms with Gasteiger partial charge in [0.15, 0.2) is 0 Å². The molecule has 2 aliphatic heterocycles. The second-order valence-electron chi connectivity index (χ2n) is 5.75. The molecular weight excluding hydrogens is 290 g/mol. The van der Waals surface area contributed by atoms with Gasteiger partial charge in [0.1, 0.15) is 0 Å². The van der Waals surface area contributed by atoms with E-state index in [9.17, 15) is 9.59 Å². The van der Waals surface area contributed by atoms with Gasteiger partial charge in [-0.25, -0.2) is 4.79 Å². The van der Waals surface area contributed by atoms with Gasteiger partial charge in [-0.15, -0.1) is 0 Å². The average Bonchev–Trinajstić information content (AvgIpc) is 2.95. The van der Waals surface area contributed by atoms with Gasteiger partial charge < -0.3 is 21.1 Å². The van der Waals surface area contributed by atoms with E-state index in [0.29, 0.717) is 11.8 Å². The molecular formula is C14H25N3O3S. The summed E-state index contributed by atoms with van der Waals surface area (Å²) >= 11 is 1.91. The molecule has 0 spiro atoms. The molecule has 0 unspecified atom stereocenters. The number of aliphatic carboxylic acids is 1. The highest BCUT2D eigenvalue weighted by Crippen LogP contribution is 2.37. The number of hydrogen-bond acceptors (Lipinski definition) is 4. The normalized spacial score (nSPS) is 27.8. The Morgan fingerprint density at radius 2 is 2.19 bits per heavy atom. The zero-order valence-electron chi connectivity index (χ0n) is 12.3. The summed E-state index contributed by atoms with van der Waals surface area (Å²) in [6.45, 7) is 1.44. The van der Waals surface area contributed by atoms with Gasteiger partial charge in [-0.3, -0.25) is 4.79 Å². The highest BCUT2D eigenvalue weighted by Gasteiger charge is 2.47. The molecule has 6 nitrogen and oxygen atoms in total. The van der Waals surface area contributed by atoms with Gasteiger partial charge >= 0.3 is 12.0 Å². The van der Waals surface area contributed by atoms with Crippen molar-refractivity contribution in [1.29, 1.82) is 0 Å². The van der Waals surface area contributed by atoms with Crippen LogP contribution in [0.1, 0.15) is 38.5 Å². The van der Waals surface area contributed by atoms with Crippen molar-refractivity contribution >= 4 is 23.8 Å². The topological polar surface area (TPSA) is 95.7 Å². The van der Waals surface area contributed by atoms with E-state index in [2.05, 4.69) is 5.32 Å². The Balaban J connectivity index is 1.82. The second-order valence-corrected chi connectivity index (χ2v) is 7.02. The summed E-state index contributed by atoms with van der Waals surface area (Å²) < 4.78 is 0. The molecule has 3 atom stereocenters. The lowest BCUT2D eigenvalue weighted by atomic mass is 10.0. The number of nitrogens with two attached hydrogens (primary N) is 1. The van der Waals surface area contributed by atoms with Gasteiger partial charge in [0, 0.05) is 24.0 Å². The number of urea groups is 1. The average molecular weight is 315 g/mol. The third-order valence-corrected chi connectivity index (χ3v) is 5.69. The molecule has 2 rings (SSSR count). The molecule has 0 radical (unpaired) electrons. The van der Waals surface area contributed by atoms with Gasteiger partial charge in [-0.1, -0.05) is 6.42 Å². The van der Waals surface area contributed by atoms with Crippen molar-refractivity contribution in [2.75, 3.05) is 18.8 Å². The number of rotatable bonds is 9. The summed E-state index contributed by atoms with van der Waals surface area (Å²) in [5.74, 6) is 0.237. The fourth-order valence-corrected chi connectivity index (χ4v) is 4.76. The molecule has 0 aromatic carbocycles. The maximum atomic E-state index is 12.0. The van der Waals surface area contributed by atoms with E-state index >= 15 is 0 Å². The Hall–Kier alpha value is -0.950. The minimum atomic E-state index is -0.729. The highest BCUT2D eigenvalue weighted by molar-refractivity contribution is 8.00. The number of carbonyl (C=O) groups excluding carboxylic acids is 1. The molecule has 7 heteroatoms. The zero-order valence-corrected chi connectivity index (χ0v) is 13.1. The van der Waals surface area contributed by atoms with Crippen molar-refractivity contribution < 1.29 is 14.7 Å². The summed E-state index contributed by atoms with van der Waals surface area (Å²) in [4.78, 5) is 24.6. The molecule has 0 aliphatic carbocycles. The van der Waals surface area contributed by atoms with Crippen LogP contribution in [0.15, 0.2) is 0 Å². The molecule has 2 amide bonds. The van der Waals surface area contributed by atoms with E-state index in [1.165, 1.54) is 0 Å². The Morgan fingerprint density at radius 3 is 2.90 bits per heavy atom. The van der Waals surface area contributed by atoms with Gasteiger partial charge in [0.25, 0.3) is 0 Å². The first-order chi connectivity index (χ1) is 10.1. The fourth-order valence-electron chi connectivity index (χ4n) is 3.16. The summed E-state index contributed by atoms with van der Waals surface area (Å²) in [5.41, 5.74) is 5.52. The van der Waals surface area contributed by atoms with Crippen molar-refractivity contribution in [1.82, 2.24) is 10.2 Å². The molecule has 0 bridgehead atoms. The van der Waals surface area contributed by atoms with Crippen molar-refractivity contribution in [2.24, 2.45) is 5.73 Å². The SMILES string of the molecule is NCCCCN1C(=O)N[C@@H]2CS[C@H](CCCCC(=O)O)[C@@H]21. The van der Waals surface area contributed by atoms with E-state index < -0.39 is 5.97 Å². The first-order valence-electron chi connectivity index (χ1n) is 7.74. The number of amides is 2. The van der Waals surface area contributed by atoms with Crippen molar-refractivity contribution in [3.63, 3.8) is 0 Å². The van der Waals surface area contributed by atoms with Gasteiger partial charge in [0.2, 0.25) is 0 Å². The predicted molar refractivity (Wildman–Crippen MR) is 83.5 cm³/mol. The number of nitrogens with one attached hydrogen (secondary N) is 1. The molecule has 21 heavy (non-hydrogen) atoms. The molecule has 0 saturated carbocycles. The van der Waals surface area contributed by atoms with E-state index in [-0.39, 0.29) is 24.5 Å². The molecule has 0 aromatic rings. The first kappa shape index (κ1) is 16.4. The van der Waals surface area contributed by atoms with E-state index in [0.717, 1.165) is 44.4 Å². The smallest absolute Gasteiger partial charge is 0.318 e. The lowest BCUT2D eigenvalue weighted by Crippen LogP contribution is -2.41. The van der Waals surface area contributed by atoms with Crippen LogP contribution in [0.2, 0.25) is 0 Å². The van der Waals surface area contributed by atoms with Crippen LogP contribution < -0.4 is 11.1 Å². The fraction of sp³-hybridized carbons (Fsp3) is 0.857. The van der Waals surface area contributed by atoms with Crippen molar-refractivity contribution in [3.8, 4) is 0 Å². The van der Waals surface area contributed by atoms with Crippen LogP contribution in [0.25, 0.3) is 0 Å². The summed E-state index contributed by atoms with van der Waals surface area (Å²) in [7, 11) is 0. The second kappa shape index (κ2) is 7.89. The van der Waals surface area contributed by atoms with Crippen LogP contribution in [0.5, 0.6) is 0 Å². The lowest BCUT2D eigenvalue weighted by molar-refractivity contribution is -0.137. The number of nitrogens with zero attached hydrogens (tertiary/aromatic N) is 1. The molecule has 0 aromatic heterocycles. The number of unbranched alkanes of at least 4 members (excludes halogenated alkanes) is 2. The largest absolute Gasteiger partial charge is 0.481 e. The van der Waals surface area contributed by atoms with Gasteiger partial charge in [-0.05, 0) is 32.2 Å². The van der Waals surface area contributed by atoms with Crippen LogP contribution in [0.3, 0.4) is 0 Å². The molecule has 2 fully saturated rings. The maximum absolute atomic E-state index is 12.0. The number of hydrogen-bond donors (Lipinski definition) is 3. The Labute approximate surface area is 129 Å². The summed E-state index contributed by atoms with van der Waals surface area (Å²) in [6.07, 6.45) is 4.75. The highest BCUT2D eigenvalue weighted by atomic mass is 32.2. The minimum Gasteiger partial charge on any atom is -0.481 e. The molecule has 2 heterocycles. The third-order valence-electron chi connectivity index (χ3n) is 4.20. The van der Waals surface area contributed by atoms with Crippen LogP contribution in [0, 0.1) is 0 Å². The zero-order chi connectivity index (χ0) is 15.2. The third kappa shape index (κ3) is 4.26. The van der Waals surface area contributed by atoms with Crippen LogP contribution in [-0.2, 0) is 4.79 Å². The maximum Gasteiger partial charge on any atom is 0.318 e. The number of carbonyl (C=O) groups is 2. The Kier molecular flexibility index (Phi) is 6.17. The number of fused-ring (bicyclic) bond motifs is 1. The van der Waals surface area contributed by atoms with Crippen molar-refractivity contribution in [2.45, 2.75) is 55.9 Å². The van der Waals surface area contributed by atoms with Gasteiger partial charge in [0.05, 0.1) is 12.1 Å². The Morgan fingerprint density at radius 1 is 1.38 bits per heavy atom. The van der Waals surface area contributed by atoms with E-state index in [4.69, 9.17) is 10.8 Å². The minimum absolute atomic E-state index is 0.0536. The standard InChI is InChI=1S/C14H25N3O3S/c15-7-3-4-8-17-13-10(16-14(17)20)9-21-11(13)5-1-2-6-12(18)19/h10-11,13H,1-9,15H2,(H,16,20)(H,18,19)/t10-,11-,13-/m1/s1. The number of carboxylic acids is 1. The van der Waals surface area contributed by atoms with Crippen LogP contribution >= 0.6 is 11.8 Å². The Bertz CT molecular complexity index is 380. The van der Waals surface area contributed by atoms with Crippen LogP contribution in [-0.4, -0.2) is 58.2 Å². The predicted octanol–water partition coefficient (Wildman–Crippen LogP) is 1.25. The van der Waals surface area contributed by atoms with Crippen molar-refractivity contribution in [3.05, 3.63) is 0 Å². The lowest BCUT2D eigenvalue weighted by Gasteiger charge is -2.27. The van der Waals surface area contributed by atoms with Crippen LogP contribution in [0.4, 0.5) is 4.79 Å². The summed E-state index contributed by atoms with van der Waals surface area (Å²) in [5, 5.41) is 12.2. The monoisotopic (exact) mass is 315 g/mol.